The molecule has 2 atom stereocenters. The van der Waals surface area contributed by atoms with Gasteiger partial charge in [0.15, 0.2) is 0 Å². The maximum Gasteiger partial charge on any atom is 0.333 e. The molecule has 4 heteroatoms. The fourth-order valence-electron chi connectivity index (χ4n) is 3.84. The lowest BCUT2D eigenvalue weighted by Gasteiger charge is -2.11. The van der Waals surface area contributed by atoms with Crippen LogP contribution in [0.25, 0.3) is 0 Å². The van der Waals surface area contributed by atoms with Crippen LogP contribution in [0.4, 0.5) is 0 Å². The van der Waals surface area contributed by atoms with Crippen molar-refractivity contribution >= 4 is 18.2 Å². The van der Waals surface area contributed by atoms with Gasteiger partial charge in [-0.25, -0.2) is 4.79 Å². The highest BCUT2D eigenvalue weighted by molar-refractivity contribution is 7.71. The van der Waals surface area contributed by atoms with Crippen molar-refractivity contribution in [1.29, 1.82) is 0 Å². The molecule has 0 bridgehead atoms. The zero-order chi connectivity index (χ0) is 15.2. The van der Waals surface area contributed by atoms with E-state index in [0.717, 1.165) is 19.3 Å². The van der Waals surface area contributed by atoms with Crippen molar-refractivity contribution in [3.05, 3.63) is 64.4 Å². The maximum atomic E-state index is 12.2. The van der Waals surface area contributed by atoms with Crippen molar-refractivity contribution in [2.75, 3.05) is 0 Å². The summed E-state index contributed by atoms with van der Waals surface area (Å²) < 4.78 is 1.88. The van der Waals surface area contributed by atoms with Crippen molar-refractivity contribution in [2.45, 2.75) is 31.1 Å². The molecule has 0 radical (unpaired) electrons. The quantitative estimate of drug-likeness (QED) is 0.813. The Bertz CT molecular complexity index is 797. The number of pyridine rings is 1. The Morgan fingerprint density at radius 3 is 2.95 bits per heavy atom. The molecule has 1 heterocycles. The van der Waals surface area contributed by atoms with E-state index in [1.807, 2.05) is 6.07 Å². The molecule has 1 saturated carbocycles. The van der Waals surface area contributed by atoms with Crippen LogP contribution in [0.3, 0.4) is 0 Å². The highest BCUT2D eigenvalue weighted by Crippen LogP contribution is 2.62. The van der Waals surface area contributed by atoms with E-state index in [4.69, 9.17) is 17.1 Å². The molecule has 0 saturated heterocycles. The van der Waals surface area contributed by atoms with Gasteiger partial charge in [0.25, 0.3) is 0 Å². The summed E-state index contributed by atoms with van der Waals surface area (Å²) in [7, 11) is 0. The molecule has 1 aromatic heterocycles. The highest BCUT2D eigenvalue weighted by Gasteiger charge is 2.58. The Kier molecular flexibility index (Phi) is 3.15. The summed E-state index contributed by atoms with van der Waals surface area (Å²) in [6.45, 7) is 0. The number of fused-ring (bicyclic) bond motifs is 2. The van der Waals surface area contributed by atoms with Crippen molar-refractivity contribution in [2.24, 2.45) is 5.92 Å². The Hall–Kier alpha value is -1.94. The van der Waals surface area contributed by atoms with E-state index in [2.05, 4.69) is 24.3 Å². The van der Waals surface area contributed by atoms with Gasteiger partial charge in [-0.2, -0.15) is 4.73 Å². The van der Waals surface area contributed by atoms with Gasteiger partial charge in [0.1, 0.15) is 4.64 Å². The number of benzene rings is 1. The summed E-state index contributed by atoms with van der Waals surface area (Å²) in [5.41, 5.74) is 3.13. The minimum Gasteiger partial charge on any atom is -0.336 e. The second-order valence-corrected chi connectivity index (χ2v) is 6.66. The molecular weight excluding hydrogens is 294 g/mol. The van der Waals surface area contributed by atoms with Crippen LogP contribution in [0.5, 0.6) is 0 Å². The van der Waals surface area contributed by atoms with Crippen LogP contribution in [0.15, 0.2) is 48.7 Å². The first-order chi connectivity index (χ1) is 10.7. The van der Waals surface area contributed by atoms with E-state index in [0.29, 0.717) is 17.0 Å². The zero-order valence-corrected chi connectivity index (χ0v) is 13.0. The third-order valence-electron chi connectivity index (χ3n) is 5.03. The fraction of sp³-hybridized carbons (Fsp3) is 0.333. The third kappa shape index (κ3) is 2.18. The van der Waals surface area contributed by atoms with Crippen LogP contribution >= 0.6 is 12.2 Å². The lowest BCUT2D eigenvalue weighted by molar-refractivity contribution is -0.145. The average Bonchev–Trinajstić information content (AvgIpc) is 3.07. The van der Waals surface area contributed by atoms with Crippen LogP contribution < -0.4 is 4.84 Å². The monoisotopic (exact) mass is 311 g/mol. The smallest absolute Gasteiger partial charge is 0.333 e. The number of hydrogen-bond donors (Lipinski definition) is 0. The van der Waals surface area contributed by atoms with Crippen molar-refractivity contribution in [1.82, 2.24) is 4.73 Å². The second-order valence-electron chi connectivity index (χ2n) is 6.25. The SMILES string of the molecule is O=C(C[C@H]1C[C@@]12CCc1ccccc12)On1ccccc1=S. The van der Waals surface area contributed by atoms with Gasteiger partial charge in [-0.3, -0.25) is 0 Å². The van der Waals surface area contributed by atoms with Gasteiger partial charge in [0.05, 0.1) is 6.42 Å². The van der Waals surface area contributed by atoms with E-state index in [1.165, 1.54) is 15.9 Å². The van der Waals surface area contributed by atoms with Gasteiger partial charge in [0.2, 0.25) is 0 Å². The van der Waals surface area contributed by atoms with Crippen molar-refractivity contribution in [3.8, 4) is 0 Å². The van der Waals surface area contributed by atoms with Gasteiger partial charge in [-0.1, -0.05) is 42.5 Å². The van der Waals surface area contributed by atoms with Gasteiger partial charge in [0, 0.05) is 6.20 Å². The standard InChI is InChI=1S/C18H17NO2S/c20-17(21-19-10-4-3-7-16(19)22)11-14-12-18(14)9-8-13-5-1-2-6-15(13)18/h1-7,10,14H,8-9,11-12H2/t14-,18-/m0/s1. The Morgan fingerprint density at radius 1 is 1.27 bits per heavy atom. The van der Waals surface area contributed by atoms with E-state index in [-0.39, 0.29) is 11.4 Å². The number of aryl methyl sites for hydroxylation is 1. The average molecular weight is 311 g/mol. The molecule has 22 heavy (non-hydrogen) atoms. The minimum absolute atomic E-state index is 0.200. The molecule has 1 spiro atoms. The van der Waals surface area contributed by atoms with Crippen LogP contribution in [0.1, 0.15) is 30.4 Å². The number of carbonyl (C=O) groups is 1. The van der Waals surface area contributed by atoms with Crippen LogP contribution in [0.2, 0.25) is 0 Å². The number of hydrogen-bond acceptors (Lipinski definition) is 3. The van der Waals surface area contributed by atoms with E-state index in [9.17, 15) is 4.79 Å². The normalized spacial score (nSPS) is 25.0. The molecule has 1 aromatic carbocycles. The van der Waals surface area contributed by atoms with Gasteiger partial charge in [-0.15, -0.1) is 0 Å². The second kappa shape index (κ2) is 5.06. The minimum atomic E-state index is -0.200. The van der Waals surface area contributed by atoms with E-state index >= 15 is 0 Å². The molecular formula is C18H17NO2S. The molecule has 2 aromatic rings. The zero-order valence-electron chi connectivity index (χ0n) is 12.2. The van der Waals surface area contributed by atoms with Gasteiger partial charge in [-0.05, 0) is 53.9 Å². The number of rotatable bonds is 3. The molecule has 3 nitrogen and oxygen atoms in total. The molecule has 1 fully saturated rings. The summed E-state index contributed by atoms with van der Waals surface area (Å²) in [6, 6.07) is 14.0. The lowest BCUT2D eigenvalue weighted by Crippen LogP contribution is -2.21. The molecule has 0 aliphatic heterocycles. The number of nitrogens with zero attached hydrogens (tertiary/aromatic N) is 1. The molecule has 4 rings (SSSR count). The predicted molar refractivity (Wildman–Crippen MR) is 86.0 cm³/mol. The first kappa shape index (κ1) is 13.7. The lowest BCUT2D eigenvalue weighted by atomic mass is 9.94. The summed E-state index contributed by atoms with van der Waals surface area (Å²) in [4.78, 5) is 17.5. The first-order valence-electron chi connectivity index (χ1n) is 7.66. The third-order valence-corrected chi connectivity index (χ3v) is 5.34. The molecule has 0 amide bonds. The van der Waals surface area contributed by atoms with E-state index in [1.54, 1.807) is 18.3 Å². The van der Waals surface area contributed by atoms with Crippen molar-refractivity contribution < 1.29 is 9.63 Å². The van der Waals surface area contributed by atoms with Crippen LogP contribution in [-0.4, -0.2) is 10.7 Å². The Balaban J connectivity index is 1.45. The molecule has 0 unspecified atom stereocenters. The Morgan fingerprint density at radius 2 is 2.09 bits per heavy atom. The number of carbonyl (C=O) groups excluding carboxylic acids is 1. The van der Waals surface area contributed by atoms with E-state index < -0.39 is 0 Å². The highest BCUT2D eigenvalue weighted by atomic mass is 32.1. The van der Waals surface area contributed by atoms with Crippen LogP contribution in [-0.2, 0) is 16.6 Å². The van der Waals surface area contributed by atoms with Crippen LogP contribution in [0, 0.1) is 10.6 Å². The maximum absolute atomic E-state index is 12.2. The van der Waals surface area contributed by atoms with Gasteiger partial charge < -0.3 is 4.84 Å². The molecule has 2 aliphatic rings. The summed E-state index contributed by atoms with van der Waals surface area (Å²) in [5.74, 6) is 0.204. The summed E-state index contributed by atoms with van der Waals surface area (Å²) >= 11 is 5.14. The first-order valence-corrected chi connectivity index (χ1v) is 8.07. The summed E-state index contributed by atoms with van der Waals surface area (Å²) in [5, 5.41) is 0. The fourth-order valence-corrected chi connectivity index (χ4v) is 4.01. The van der Waals surface area contributed by atoms with Crippen molar-refractivity contribution in [3.63, 3.8) is 0 Å². The molecule has 112 valence electrons. The number of aromatic nitrogens is 1. The largest absolute Gasteiger partial charge is 0.336 e. The molecule has 2 aliphatic carbocycles. The molecule has 0 N–H and O–H groups in total. The topological polar surface area (TPSA) is 31.2 Å². The Labute approximate surface area is 134 Å². The predicted octanol–water partition coefficient (Wildman–Crippen LogP) is 3.47. The summed E-state index contributed by atoms with van der Waals surface area (Å²) in [6.07, 6.45) is 5.53. The van der Waals surface area contributed by atoms with Gasteiger partial charge >= 0.3 is 5.97 Å².